The summed E-state index contributed by atoms with van der Waals surface area (Å²) in [6.07, 6.45) is 4.86. The van der Waals surface area contributed by atoms with Gasteiger partial charge in [-0.15, -0.1) is 0 Å². The molecule has 0 saturated heterocycles. The predicted molar refractivity (Wildman–Crippen MR) is 70.2 cm³/mol. The zero-order valence-electron chi connectivity index (χ0n) is 11.4. The first-order valence-corrected chi connectivity index (χ1v) is 6.40. The van der Waals surface area contributed by atoms with Gasteiger partial charge in [-0.3, -0.25) is 0 Å². The van der Waals surface area contributed by atoms with Crippen molar-refractivity contribution in [3.63, 3.8) is 0 Å². The highest BCUT2D eigenvalue weighted by Gasteiger charge is 2.13. The maximum atomic E-state index is 5.30. The van der Waals surface area contributed by atoms with Crippen LogP contribution in [0.2, 0.25) is 0 Å². The molecule has 1 rings (SSSR count). The highest BCUT2D eigenvalue weighted by atomic mass is 16.5. The molecule has 0 saturated carbocycles. The number of aryl methyl sites for hydroxylation is 1. The molecule has 17 heavy (non-hydrogen) atoms. The summed E-state index contributed by atoms with van der Waals surface area (Å²) in [7, 11) is 1.75. The SMILES string of the molecule is CCc1nccn1C(CNCC(C)C)COC. The van der Waals surface area contributed by atoms with Gasteiger partial charge in [0.15, 0.2) is 0 Å². The third-order valence-electron chi connectivity index (χ3n) is 2.75. The van der Waals surface area contributed by atoms with Crippen LogP contribution < -0.4 is 5.32 Å². The number of imidazole rings is 1. The van der Waals surface area contributed by atoms with Crippen molar-refractivity contribution in [1.29, 1.82) is 0 Å². The number of rotatable bonds is 8. The van der Waals surface area contributed by atoms with Gasteiger partial charge in [0, 0.05) is 32.5 Å². The maximum absolute atomic E-state index is 5.30. The van der Waals surface area contributed by atoms with Gasteiger partial charge in [0.05, 0.1) is 12.6 Å². The third-order valence-corrected chi connectivity index (χ3v) is 2.75. The molecule has 1 aromatic heterocycles. The van der Waals surface area contributed by atoms with Gasteiger partial charge in [-0.1, -0.05) is 20.8 Å². The fourth-order valence-corrected chi connectivity index (χ4v) is 1.92. The molecule has 98 valence electrons. The zero-order valence-corrected chi connectivity index (χ0v) is 11.4. The molecule has 0 aromatic carbocycles. The van der Waals surface area contributed by atoms with Crippen LogP contribution in [0.1, 0.15) is 32.6 Å². The summed E-state index contributed by atoms with van der Waals surface area (Å²) in [5.41, 5.74) is 0. The van der Waals surface area contributed by atoms with E-state index < -0.39 is 0 Å². The second-order valence-corrected chi connectivity index (χ2v) is 4.77. The van der Waals surface area contributed by atoms with Crippen LogP contribution in [0.25, 0.3) is 0 Å². The van der Waals surface area contributed by atoms with Crippen LogP contribution in [0.4, 0.5) is 0 Å². The Morgan fingerprint density at radius 3 is 2.76 bits per heavy atom. The molecule has 0 aliphatic carbocycles. The van der Waals surface area contributed by atoms with Gasteiger partial charge in [0.2, 0.25) is 0 Å². The molecule has 0 bridgehead atoms. The number of ether oxygens (including phenoxy) is 1. The number of aromatic nitrogens is 2. The lowest BCUT2D eigenvalue weighted by atomic mass is 10.2. The standard InChI is InChI=1S/C13H25N3O/c1-5-13-15-6-7-16(13)12(10-17-4)9-14-8-11(2)3/h6-7,11-12,14H,5,8-10H2,1-4H3. The molecular weight excluding hydrogens is 214 g/mol. The lowest BCUT2D eigenvalue weighted by molar-refractivity contribution is 0.152. The van der Waals surface area contributed by atoms with Crippen molar-refractivity contribution in [2.24, 2.45) is 5.92 Å². The molecule has 0 spiro atoms. The average Bonchev–Trinajstić information content (AvgIpc) is 2.75. The molecule has 0 radical (unpaired) electrons. The molecular formula is C13H25N3O. The zero-order chi connectivity index (χ0) is 12.7. The Balaban J connectivity index is 2.58. The summed E-state index contributed by atoms with van der Waals surface area (Å²) in [5.74, 6) is 1.80. The molecule has 0 fully saturated rings. The van der Waals surface area contributed by atoms with E-state index in [1.54, 1.807) is 7.11 Å². The Kier molecular flexibility index (Phi) is 6.22. The Hall–Kier alpha value is -0.870. The van der Waals surface area contributed by atoms with Crippen molar-refractivity contribution < 1.29 is 4.74 Å². The van der Waals surface area contributed by atoms with Gasteiger partial charge in [0.25, 0.3) is 0 Å². The van der Waals surface area contributed by atoms with Crippen molar-refractivity contribution in [3.8, 4) is 0 Å². The van der Waals surface area contributed by atoms with Crippen LogP contribution in [-0.4, -0.2) is 36.4 Å². The van der Waals surface area contributed by atoms with Crippen molar-refractivity contribution >= 4 is 0 Å². The molecule has 1 N–H and O–H groups in total. The average molecular weight is 239 g/mol. The van der Waals surface area contributed by atoms with Crippen molar-refractivity contribution in [2.45, 2.75) is 33.2 Å². The van der Waals surface area contributed by atoms with Crippen molar-refractivity contribution in [1.82, 2.24) is 14.9 Å². The number of nitrogens with one attached hydrogen (secondary N) is 1. The van der Waals surface area contributed by atoms with Crippen LogP contribution in [0.5, 0.6) is 0 Å². The van der Waals surface area contributed by atoms with Crippen molar-refractivity contribution in [2.75, 3.05) is 26.8 Å². The van der Waals surface area contributed by atoms with E-state index >= 15 is 0 Å². The smallest absolute Gasteiger partial charge is 0.108 e. The fourth-order valence-electron chi connectivity index (χ4n) is 1.92. The molecule has 0 aliphatic rings. The molecule has 4 heteroatoms. The van der Waals surface area contributed by atoms with Gasteiger partial charge in [-0.25, -0.2) is 4.98 Å². The number of hydrogen-bond donors (Lipinski definition) is 1. The topological polar surface area (TPSA) is 39.1 Å². The summed E-state index contributed by atoms with van der Waals surface area (Å²) in [4.78, 5) is 4.36. The first-order chi connectivity index (χ1) is 8.19. The van der Waals surface area contributed by atoms with E-state index in [0.717, 1.165) is 25.3 Å². The molecule has 1 heterocycles. The predicted octanol–water partition coefficient (Wildman–Crippen LogP) is 1.88. The second-order valence-electron chi connectivity index (χ2n) is 4.77. The number of hydrogen-bond acceptors (Lipinski definition) is 3. The van der Waals surface area contributed by atoms with E-state index in [1.165, 1.54) is 0 Å². The summed E-state index contributed by atoms with van der Waals surface area (Å²) >= 11 is 0. The van der Waals surface area contributed by atoms with Crippen molar-refractivity contribution in [3.05, 3.63) is 18.2 Å². The van der Waals surface area contributed by atoms with Gasteiger partial charge in [-0.2, -0.15) is 0 Å². The minimum atomic E-state index is 0.330. The monoisotopic (exact) mass is 239 g/mol. The minimum absolute atomic E-state index is 0.330. The summed E-state index contributed by atoms with van der Waals surface area (Å²) in [6, 6.07) is 0.330. The van der Waals surface area contributed by atoms with E-state index in [0.29, 0.717) is 18.6 Å². The molecule has 1 aromatic rings. The van der Waals surface area contributed by atoms with E-state index in [9.17, 15) is 0 Å². The largest absolute Gasteiger partial charge is 0.382 e. The van der Waals surface area contributed by atoms with Gasteiger partial charge in [0.1, 0.15) is 5.82 Å². The fraction of sp³-hybridized carbons (Fsp3) is 0.769. The normalized spacial score (nSPS) is 13.2. The van der Waals surface area contributed by atoms with Crippen LogP contribution in [0.3, 0.4) is 0 Å². The lowest BCUT2D eigenvalue weighted by Crippen LogP contribution is -2.31. The Labute approximate surface area is 104 Å². The van der Waals surface area contributed by atoms with E-state index in [-0.39, 0.29) is 0 Å². The quantitative estimate of drug-likeness (QED) is 0.753. The first kappa shape index (κ1) is 14.2. The minimum Gasteiger partial charge on any atom is -0.382 e. The van der Waals surface area contributed by atoms with Crippen LogP contribution in [-0.2, 0) is 11.2 Å². The Bertz CT molecular complexity index is 309. The lowest BCUT2D eigenvalue weighted by Gasteiger charge is -2.21. The van der Waals surface area contributed by atoms with E-state index in [4.69, 9.17) is 4.74 Å². The maximum Gasteiger partial charge on any atom is 0.108 e. The Morgan fingerprint density at radius 1 is 1.41 bits per heavy atom. The summed E-state index contributed by atoms with van der Waals surface area (Å²) in [5, 5.41) is 3.48. The molecule has 0 amide bonds. The summed E-state index contributed by atoms with van der Waals surface area (Å²) in [6.45, 7) is 9.24. The van der Waals surface area contributed by atoms with E-state index in [1.807, 2.05) is 12.4 Å². The third kappa shape index (κ3) is 4.48. The van der Waals surface area contributed by atoms with Gasteiger partial charge < -0.3 is 14.6 Å². The highest BCUT2D eigenvalue weighted by molar-refractivity contribution is 4.95. The van der Waals surface area contributed by atoms with Gasteiger partial charge >= 0.3 is 0 Å². The number of nitrogens with zero attached hydrogens (tertiary/aromatic N) is 2. The highest BCUT2D eigenvalue weighted by Crippen LogP contribution is 2.10. The van der Waals surface area contributed by atoms with Crippen LogP contribution in [0.15, 0.2) is 12.4 Å². The van der Waals surface area contributed by atoms with Crippen LogP contribution >= 0.6 is 0 Å². The molecule has 1 atom stereocenters. The van der Waals surface area contributed by atoms with E-state index in [2.05, 4.69) is 35.6 Å². The van der Waals surface area contributed by atoms with Crippen LogP contribution in [0, 0.1) is 5.92 Å². The molecule has 4 nitrogen and oxygen atoms in total. The second kappa shape index (κ2) is 7.45. The molecule has 0 aliphatic heterocycles. The van der Waals surface area contributed by atoms with Gasteiger partial charge in [-0.05, 0) is 12.5 Å². The molecule has 1 unspecified atom stereocenters. The summed E-state index contributed by atoms with van der Waals surface area (Å²) < 4.78 is 7.52. The Morgan fingerprint density at radius 2 is 2.18 bits per heavy atom. The number of methoxy groups -OCH3 is 1. The first-order valence-electron chi connectivity index (χ1n) is 6.40.